The van der Waals surface area contributed by atoms with E-state index in [1.807, 2.05) is 54.6 Å². The van der Waals surface area contributed by atoms with E-state index in [9.17, 15) is 4.79 Å². The lowest BCUT2D eigenvalue weighted by Gasteiger charge is -2.18. The number of hydrogen-bond acceptors (Lipinski definition) is 3. The van der Waals surface area contributed by atoms with Gasteiger partial charge in [0.15, 0.2) is 0 Å². The van der Waals surface area contributed by atoms with E-state index in [1.54, 1.807) is 17.1 Å². The van der Waals surface area contributed by atoms with Crippen molar-refractivity contribution in [2.24, 2.45) is 0 Å². The van der Waals surface area contributed by atoms with Crippen LogP contribution in [-0.4, -0.2) is 20.7 Å². The predicted molar refractivity (Wildman–Crippen MR) is 110 cm³/mol. The molecule has 138 valence electrons. The standard InChI is InChI=1S/C23H20N4O/c28-23(13-11-18-10-12-19-6-4-5-9-21(19)14-18)26-22(15-27-17-24-16-25-27)20-7-2-1-3-8-20/h1-14,16-17,22H,15H2,(H,26,28)/b13-11+. The molecule has 0 fully saturated rings. The fourth-order valence-corrected chi connectivity index (χ4v) is 3.14. The smallest absolute Gasteiger partial charge is 0.244 e. The van der Waals surface area contributed by atoms with Crippen LogP contribution in [0.5, 0.6) is 0 Å². The van der Waals surface area contributed by atoms with Gasteiger partial charge in [-0.05, 0) is 34.0 Å². The molecule has 0 aliphatic heterocycles. The van der Waals surface area contributed by atoms with Crippen LogP contribution in [0.15, 0.2) is 91.5 Å². The van der Waals surface area contributed by atoms with E-state index in [-0.39, 0.29) is 11.9 Å². The average molecular weight is 368 g/mol. The van der Waals surface area contributed by atoms with Gasteiger partial charge >= 0.3 is 0 Å². The first kappa shape index (κ1) is 17.7. The van der Waals surface area contributed by atoms with Crippen molar-refractivity contribution in [3.8, 4) is 0 Å². The highest BCUT2D eigenvalue weighted by molar-refractivity contribution is 5.93. The summed E-state index contributed by atoms with van der Waals surface area (Å²) in [7, 11) is 0. The maximum Gasteiger partial charge on any atom is 0.244 e. The minimum Gasteiger partial charge on any atom is -0.344 e. The van der Waals surface area contributed by atoms with Crippen LogP contribution in [0.3, 0.4) is 0 Å². The zero-order valence-electron chi connectivity index (χ0n) is 15.3. The SMILES string of the molecule is O=C(/C=C/c1ccc2ccccc2c1)NC(Cn1cncn1)c1ccccc1. The van der Waals surface area contributed by atoms with E-state index in [4.69, 9.17) is 0 Å². The van der Waals surface area contributed by atoms with E-state index in [2.05, 4.69) is 39.7 Å². The van der Waals surface area contributed by atoms with Crippen LogP contribution in [0.1, 0.15) is 17.2 Å². The minimum atomic E-state index is -0.198. The van der Waals surface area contributed by atoms with E-state index in [0.717, 1.165) is 16.5 Å². The van der Waals surface area contributed by atoms with Gasteiger partial charge in [0, 0.05) is 6.08 Å². The van der Waals surface area contributed by atoms with Crippen molar-refractivity contribution in [2.45, 2.75) is 12.6 Å². The molecule has 3 aromatic carbocycles. The summed E-state index contributed by atoms with van der Waals surface area (Å²) in [5.41, 5.74) is 2.01. The molecule has 5 heteroatoms. The van der Waals surface area contributed by atoms with Gasteiger partial charge in [-0.1, -0.05) is 66.7 Å². The van der Waals surface area contributed by atoms with Gasteiger partial charge in [0.05, 0.1) is 12.6 Å². The van der Waals surface area contributed by atoms with Gasteiger partial charge in [0.25, 0.3) is 0 Å². The molecule has 0 radical (unpaired) electrons. The molecule has 1 aromatic heterocycles. The van der Waals surface area contributed by atoms with Gasteiger partial charge in [-0.15, -0.1) is 0 Å². The lowest BCUT2D eigenvalue weighted by molar-refractivity contribution is -0.117. The van der Waals surface area contributed by atoms with Gasteiger partial charge in [0.2, 0.25) is 5.91 Å². The molecule has 5 nitrogen and oxygen atoms in total. The number of benzene rings is 3. The largest absolute Gasteiger partial charge is 0.344 e. The number of carbonyl (C=O) groups excluding carboxylic acids is 1. The number of nitrogens with one attached hydrogen (secondary N) is 1. The maximum absolute atomic E-state index is 12.5. The first-order valence-electron chi connectivity index (χ1n) is 9.13. The third-order valence-electron chi connectivity index (χ3n) is 4.56. The summed E-state index contributed by atoms with van der Waals surface area (Å²) in [4.78, 5) is 16.5. The van der Waals surface area contributed by atoms with Gasteiger partial charge in [0.1, 0.15) is 12.7 Å². The number of aromatic nitrogens is 3. The highest BCUT2D eigenvalue weighted by Gasteiger charge is 2.14. The Bertz CT molecular complexity index is 1090. The van der Waals surface area contributed by atoms with Crippen LogP contribution >= 0.6 is 0 Å². The molecule has 0 saturated heterocycles. The molecule has 1 amide bonds. The number of hydrogen-bond donors (Lipinski definition) is 1. The Kier molecular flexibility index (Phi) is 5.24. The van der Waals surface area contributed by atoms with Crippen LogP contribution in [0.2, 0.25) is 0 Å². The van der Waals surface area contributed by atoms with Crippen LogP contribution in [0.25, 0.3) is 16.8 Å². The molecule has 4 rings (SSSR count). The summed E-state index contributed by atoms with van der Waals surface area (Å²) in [6.45, 7) is 0.513. The Morgan fingerprint density at radius 2 is 1.79 bits per heavy atom. The molecule has 0 spiro atoms. The summed E-state index contributed by atoms with van der Waals surface area (Å²) in [6, 6.07) is 24.0. The van der Waals surface area contributed by atoms with Gasteiger partial charge in [-0.2, -0.15) is 5.10 Å². The first-order valence-corrected chi connectivity index (χ1v) is 9.13. The fraction of sp³-hybridized carbons (Fsp3) is 0.0870. The normalized spacial score (nSPS) is 12.3. The highest BCUT2D eigenvalue weighted by Crippen LogP contribution is 2.17. The first-order chi connectivity index (χ1) is 13.8. The van der Waals surface area contributed by atoms with Crippen molar-refractivity contribution in [3.63, 3.8) is 0 Å². The number of rotatable bonds is 6. The summed E-state index contributed by atoms with van der Waals surface area (Å²) in [6.07, 6.45) is 6.54. The number of amides is 1. The molecule has 1 atom stereocenters. The Morgan fingerprint density at radius 3 is 2.57 bits per heavy atom. The molecule has 0 aliphatic carbocycles. The second-order valence-electron chi connectivity index (χ2n) is 6.53. The van der Waals surface area contributed by atoms with Crippen molar-refractivity contribution in [3.05, 3.63) is 103 Å². The average Bonchev–Trinajstić information content (AvgIpc) is 3.25. The Balaban J connectivity index is 1.49. The van der Waals surface area contributed by atoms with E-state index in [1.165, 1.54) is 11.7 Å². The molecule has 1 heterocycles. The van der Waals surface area contributed by atoms with Crippen LogP contribution in [0.4, 0.5) is 0 Å². The molecular weight excluding hydrogens is 348 g/mol. The number of fused-ring (bicyclic) bond motifs is 1. The molecule has 1 unspecified atom stereocenters. The van der Waals surface area contributed by atoms with E-state index < -0.39 is 0 Å². The molecule has 1 N–H and O–H groups in total. The molecule has 4 aromatic rings. The van der Waals surface area contributed by atoms with E-state index in [0.29, 0.717) is 6.54 Å². The lowest BCUT2D eigenvalue weighted by atomic mass is 10.1. The number of nitrogens with zero attached hydrogens (tertiary/aromatic N) is 3. The second kappa shape index (κ2) is 8.31. The van der Waals surface area contributed by atoms with Gasteiger partial charge < -0.3 is 5.32 Å². The van der Waals surface area contributed by atoms with Crippen LogP contribution in [0, 0.1) is 0 Å². The fourth-order valence-electron chi connectivity index (χ4n) is 3.14. The molecule has 0 saturated carbocycles. The quantitative estimate of drug-likeness (QED) is 0.523. The lowest BCUT2D eigenvalue weighted by Crippen LogP contribution is -2.30. The Labute approximate surface area is 163 Å². The number of carbonyl (C=O) groups is 1. The van der Waals surface area contributed by atoms with E-state index >= 15 is 0 Å². The maximum atomic E-state index is 12.5. The highest BCUT2D eigenvalue weighted by atomic mass is 16.1. The molecule has 0 aliphatic rings. The predicted octanol–water partition coefficient (Wildman–Crippen LogP) is 4.00. The monoisotopic (exact) mass is 368 g/mol. The minimum absolute atomic E-state index is 0.151. The van der Waals surface area contributed by atoms with Crippen LogP contribution < -0.4 is 5.32 Å². The van der Waals surface area contributed by atoms with Crippen LogP contribution in [-0.2, 0) is 11.3 Å². The summed E-state index contributed by atoms with van der Waals surface area (Å²) in [5.74, 6) is -0.151. The Hall–Kier alpha value is -3.73. The molecular formula is C23H20N4O. The third kappa shape index (κ3) is 4.32. The van der Waals surface area contributed by atoms with Crippen molar-refractivity contribution < 1.29 is 4.79 Å². The van der Waals surface area contributed by atoms with Crippen molar-refractivity contribution in [1.29, 1.82) is 0 Å². The zero-order chi connectivity index (χ0) is 19.2. The summed E-state index contributed by atoms with van der Waals surface area (Å²) < 4.78 is 1.71. The summed E-state index contributed by atoms with van der Waals surface area (Å²) in [5, 5.41) is 9.55. The zero-order valence-corrected chi connectivity index (χ0v) is 15.3. The van der Waals surface area contributed by atoms with Crippen molar-refractivity contribution in [1.82, 2.24) is 20.1 Å². The van der Waals surface area contributed by atoms with Crippen molar-refractivity contribution in [2.75, 3.05) is 0 Å². The topological polar surface area (TPSA) is 59.8 Å². The Morgan fingerprint density at radius 1 is 1.00 bits per heavy atom. The van der Waals surface area contributed by atoms with Crippen molar-refractivity contribution >= 4 is 22.8 Å². The third-order valence-corrected chi connectivity index (χ3v) is 4.56. The van der Waals surface area contributed by atoms with Gasteiger partial charge in [-0.25, -0.2) is 4.98 Å². The summed E-state index contributed by atoms with van der Waals surface area (Å²) >= 11 is 0. The molecule has 0 bridgehead atoms. The second-order valence-corrected chi connectivity index (χ2v) is 6.53. The van der Waals surface area contributed by atoms with Gasteiger partial charge in [-0.3, -0.25) is 9.48 Å². The molecule has 28 heavy (non-hydrogen) atoms.